The molecule has 146 valence electrons. The molecule has 0 fully saturated rings. The Bertz CT molecular complexity index is 599. The SMILES string of the molecule is CCNC(=NCc1ccc(C)cc1OC(C)CC)NCCC(=O)N(C)C. The number of aryl methyl sites for hydroxylation is 1. The Kier molecular flexibility index (Phi) is 9.55. The summed E-state index contributed by atoms with van der Waals surface area (Å²) in [5, 5.41) is 6.42. The van der Waals surface area contributed by atoms with Gasteiger partial charge in [0.2, 0.25) is 5.91 Å². The number of amides is 1. The summed E-state index contributed by atoms with van der Waals surface area (Å²) in [6.45, 7) is 10.1. The zero-order valence-electron chi connectivity index (χ0n) is 17.1. The first-order valence-corrected chi connectivity index (χ1v) is 9.35. The molecule has 0 saturated heterocycles. The average Bonchev–Trinajstić information content (AvgIpc) is 2.60. The molecule has 6 heteroatoms. The molecule has 0 bridgehead atoms. The van der Waals surface area contributed by atoms with E-state index in [0.717, 1.165) is 24.3 Å². The first-order chi connectivity index (χ1) is 12.4. The van der Waals surface area contributed by atoms with Crippen molar-refractivity contribution in [2.75, 3.05) is 27.2 Å². The summed E-state index contributed by atoms with van der Waals surface area (Å²) in [6.07, 6.45) is 1.56. The van der Waals surface area contributed by atoms with Crippen LogP contribution in [0.25, 0.3) is 0 Å². The number of hydrogen-bond acceptors (Lipinski definition) is 3. The summed E-state index contributed by atoms with van der Waals surface area (Å²) in [4.78, 5) is 17.9. The maximum atomic E-state index is 11.7. The van der Waals surface area contributed by atoms with Crippen LogP contribution in [0.2, 0.25) is 0 Å². The topological polar surface area (TPSA) is 66.0 Å². The van der Waals surface area contributed by atoms with Crippen LogP contribution in [0.1, 0.15) is 44.7 Å². The second-order valence-electron chi connectivity index (χ2n) is 6.61. The summed E-state index contributed by atoms with van der Waals surface area (Å²) in [5.74, 6) is 1.69. The molecule has 1 aromatic carbocycles. The lowest BCUT2D eigenvalue weighted by Crippen LogP contribution is -2.39. The molecule has 26 heavy (non-hydrogen) atoms. The number of benzene rings is 1. The lowest BCUT2D eigenvalue weighted by Gasteiger charge is -2.17. The summed E-state index contributed by atoms with van der Waals surface area (Å²) in [7, 11) is 3.52. The highest BCUT2D eigenvalue weighted by atomic mass is 16.5. The largest absolute Gasteiger partial charge is 0.490 e. The van der Waals surface area contributed by atoms with Crippen LogP contribution in [0.3, 0.4) is 0 Å². The number of carbonyl (C=O) groups excluding carboxylic acids is 1. The lowest BCUT2D eigenvalue weighted by molar-refractivity contribution is -0.128. The molecule has 0 heterocycles. The number of ether oxygens (including phenoxy) is 1. The Labute approximate surface area is 158 Å². The van der Waals surface area contributed by atoms with E-state index in [9.17, 15) is 4.79 Å². The van der Waals surface area contributed by atoms with Crippen LogP contribution >= 0.6 is 0 Å². The molecular weight excluding hydrogens is 328 g/mol. The Morgan fingerprint density at radius 1 is 1.27 bits per heavy atom. The van der Waals surface area contributed by atoms with Crippen LogP contribution in [0, 0.1) is 6.92 Å². The Morgan fingerprint density at radius 3 is 2.62 bits per heavy atom. The van der Waals surface area contributed by atoms with E-state index in [0.29, 0.717) is 25.5 Å². The quantitative estimate of drug-likeness (QED) is 0.524. The molecule has 1 atom stereocenters. The maximum absolute atomic E-state index is 11.7. The molecule has 2 N–H and O–H groups in total. The van der Waals surface area contributed by atoms with Gasteiger partial charge in [0.05, 0.1) is 12.6 Å². The predicted molar refractivity (Wildman–Crippen MR) is 108 cm³/mol. The number of rotatable bonds is 9. The van der Waals surface area contributed by atoms with Gasteiger partial charge in [0.1, 0.15) is 5.75 Å². The van der Waals surface area contributed by atoms with Crippen molar-refractivity contribution >= 4 is 11.9 Å². The molecule has 0 spiro atoms. The zero-order chi connectivity index (χ0) is 19.5. The van der Waals surface area contributed by atoms with Gasteiger partial charge in [0.15, 0.2) is 5.96 Å². The van der Waals surface area contributed by atoms with Gasteiger partial charge in [-0.1, -0.05) is 19.1 Å². The van der Waals surface area contributed by atoms with E-state index in [4.69, 9.17) is 4.74 Å². The maximum Gasteiger partial charge on any atom is 0.223 e. The van der Waals surface area contributed by atoms with Crippen LogP contribution in [0.4, 0.5) is 0 Å². The number of nitrogens with one attached hydrogen (secondary N) is 2. The number of hydrogen-bond donors (Lipinski definition) is 2. The summed E-state index contributed by atoms with van der Waals surface area (Å²) in [6, 6.07) is 6.20. The van der Waals surface area contributed by atoms with Crippen LogP contribution in [0.5, 0.6) is 5.75 Å². The monoisotopic (exact) mass is 362 g/mol. The number of aliphatic imine (C=N–C) groups is 1. The van der Waals surface area contributed by atoms with E-state index in [-0.39, 0.29) is 12.0 Å². The Balaban J connectivity index is 2.77. The standard InChI is InChI=1S/C20H34N4O2/c1-7-16(4)26-18-13-15(3)9-10-17(18)14-23-20(21-8-2)22-12-11-19(25)24(5)6/h9-10,13,16H,7-8,11-12,14H2,1-6H3,(H2,21,22,23). The van der Waals surface area contributed by atoms with E-state index in [2.05, 4.69) is 54.6 Å². The third kappa shape index (κ3) is 7.76. The van der Waals surface area contributed by atoms with Crippen molar-refractivity contribution < 1.29 is 9.53 Å². The van der Waals surface area contributed by atoms with E-state index < -0.39 is 0 Å². The van der Waals surface area contributed by atoms with Crippen molar-refractivity contribution in [3.05, 3.63) is 29.3 Å². The molecule has 0 aliphatic heterocycles. The minimum Gasteiger partial charge on any atom is -0.490 e. The van der Waals surface area contributed by atoms with Gasteiger partial charge in [0, 0.05) is 39.2 Å². The summed E-state index contributed by atoms with van der Waals surface area (Å²) in [5.41, 5.74) is 2.22. The molecule has 1 rings (SSSR count). The highest BCUT2D eigenvalue weighted by molar-refractivity contribution is 5.81. The van der Waals surface area contributed by atoms with Gasteiger partial charge in [0.25, 0.3) is 0 Å². The minimum absolute atomic E-state index is 0.0936. The van der Waals surface area contributed by atoms with Crippen molar-refractivity contribution in [1.82, 2.24) is 15.5 Å². The van der Waals surface area contributed by atoms with Gasteiger partial charge in [-0.25, -0.2) is 4.99 Å². The van der Waals surface area contributed by atoms with Gasteiger partial charge in [-0.05, 0) is 38.8 Å². The van der Waals surface area contributed by atoms with E-state index in [1.807, 2.05) is 6.92 Å². The first kappa shape index (κ1) is 21.8. The van der Waals surface area contributed by atoms with Gasteiger partial charge < -0.3 is 20.3 Å². The average molecular weight is 363 g/mol. The predicted octanol–water partition coefficient (Wildman–Crippen LogP) is 2.71. The molecule has 6 nitrogen and oxygen atoms in total. The van der Waals surface area contributed by atoms with Crippen LogP contribution < -0.4 is 15.4 Å². The molecular formula is C20H34N4O2. The number of carbonyl (C=O) groups is 1. The normalized spacial score (nSPS) is 12.5. The van der Waals surface area contributed by atoms with Crippen molar-refractivity contribution in [2.24, 2.45) is 4.99 Å². The smallest absolute Gasteiger partial charge is 0.223 e. The van der Waals surface area contributed by atoms with Gasteiger partial charge in [-0.3, -0.25) is 4.79 Å². The first-order valence-electron chi connectivity index (χ1n) is 9.35. The Hall–Kier alpha value is -2.24. The zero-order valence-corrected chi connectivity index (χ0v) is 17.1. The van der Waals surface area contributed by atoms with E-state index in [1.54, 1.807) is 19.0 Å². The molecule has 1 unspecified atom stereocenters. The van der Waals surface area contributed by atoms with E-state index in [1.165, 1.54) is 5.56 Å². The van der Waals surface area contributed by atoms with Crippen LogP contribution in [0.15, 0.2) is 23.2 Å². The fourth-order valence-electron chi connectivity index (χ4n) is 2.22. The minimum atomic E-state index is 0.0936. The molecule has 0 aliphatic rings. The fourth-order valence-corrected chi connectivity index (χ4v) is 2.22. The Morgan fingerprint density at radius 2 is 2.00 bits per heavy atom. The van der Waals surface area contributed by atoms with Crippen molar-refractivity contribution in [3.63, 3.8) is 0 Å². The number of nitrogens with zero attached hydrogens (tertiary/aromatic N) is 2. The summed E-state index contributed by atoms with van der Waals surface area (Å²) < 4.78 is 6.05. The fraction of sp³-hybridized carbons (Fsp3) is 0.600. The molecule has 0 saturated carbocycles. The third-order valence-electron chi connectivity index (χ3n) is 4.01. The molecule has 0 aromatic heterocycles. The third-order valence-corrected chi connectivity index (χ3v) is 4.01. The lowest BCUT2D eigenvalue weighted by atomic mass is 10.1. The van der Waals surface area contributed by atoms with Crippen molar-refractivity contribution in [3.8, 4) is 5.75 Å². The molecule has 1 aromatic rings. The molecule has 1 amide bonds. The second-order valence-corrected chi connectivity index (χ2v) is 6.61. The highest BCUT2D eigenvalue weighted by Gasteiger charge is 2.09. The van der Waals surface area contributed by atoms with Crippen LogP contribution in [-0.4, -0.2) is 50.1 Å². The van der Waals surface area contributed by atoms with Crippen molar-refractivity contribution in [1.29, 1.82) is 0 Å². The van der Waals surface area contributed by atoms with Crippen molar-refractivity contribution in [2.45, 2.75) is 53.2 Å². The van der Waals surface area contributed by atoms with Gasteiger partial charge >= 0.3 is 0 Å². The molecule has 0 radical (unpaired) electrons. The number of guanidine groups is 1. The second kappa shape index (κ2) is 11.4. The highest BCUT2D eigenvalue weighted by Crippen LogP contribution is 2.23. The van der Waals surface area contributed by atoms with Gasteiger partial charge in [-0.2, -0.15) is 0 Å². The van der Waals surface area contributed by atoms with Gasteiger partial charge in [-0.15, -0.1) is 0 Å². The van der Waals surface area contributed by atoms with Crippen LogP contribution in [-0.2, 0) is 11.3 Å². The summed E-state index contributed by atoms with van der Waals surface area (Å²) >= 11 is 0. The molecule has 0 aliphatic carbocycles. The van der Waals surface area contributed by atoms with E-state index >= 15 is 0 Å².